The molecule has 1 N–H and O–H groups in total. The lowest BCUT2D eigenvalue weighted by atomic mass is 9.91. The van der Waals surface area contributed by atoms with Crippen LogP contribution in [0.2, 0.25) is 0 Å². The van der Waals surface area contributed by atoms with Crippen LogP contribution in [0.3, 0.4) is 0 Å². The van der Waals surface area contributed by atoms with Crippen LogP contribution in [0.1, 0.15) is 31.4 Å². The summed E-state index contributed by atoms with van der Waals surface area (Å²) in [7, 11) is -3.65. The summed E-state index contributed by atoms with van der Waals surface area (Å²) >= 11 is 0. The summed E-state index contributed by atoms with van der Waals surface area (Å²) in [6, 6.07) is 2.81. The molecule has 1 saturated heterocycles. The van der Waals surface area contributed by atoms with Crippen LogP contribution in [-0.2, 0) is 21.4 Å². The molecule has 0 spiro atoms. The largest absolute Gasteiger partial charge is 0.446 e. The summed E-state index contributed by atoms with van der Waals surface area (Å²) < 4.78 is 37.7. The average molecular weight is 301 g/mol. The summed E-state index contributed by atoms with van der Waals surface area (Å²) in [6.07, 6.45) is 3.86. The standard InChI is InChI=1S/C13H19NO5S/c15-9-10-5-6-13(19-10)20(16,17)14-7-8-18-12-4-2-1-3-11(12)14/h5-6,11-12,15H,1-4,7-9H2. The van der Waals surface area contributed by atoms with E-state index < -0.39 is 10.0 Å². The Morgan fingerprint density at radius 2 is 2.10 bits per heavy atom. The van der Waals surface area contributed by atoms with E-state index in [0.717, 1.165) is 25.7 Å². The Morgan fingerprint density at radius 3 is 2.85 bits per heavy atom. The van der Waals surface area contributed by atoms with Gasteiger partial charge in [0, 0.05) is 6.54 Å². The maximum atomic E-state index is 12.7. The van der Waals surface area contributed by atoms with Crippen molar-refractivity contribution in [3.05, 3.63) is 17.9 Å². The van der Waals surface area contributed by atoms with E-state index >= 15 is 0 Å². The van der Waals surface area contributed by atoms with E-state index in [9.17, 15) is 8.42 Å². The van der Waals surface area contributed by atoms with E-state index in [2.05, 4.69) is 0 Å². The number of sulfonamides is 1. The van der Waals surface area contributed by atoms with Crippen LogP contribution in [0.5, 0.6) is 0 Å². The van der Waals surface area contributed by atoms with Gasteiger partial charge in [0.15, 0.2) is 0 Å². The zero-order chi connectivity index (χ0) is 14.2. The molecule has 1 aliphatic heterocycles. The summed E-state index contributed by atoms with van der Waals surface area (Å²) in [5, 5.41) is 8.90. The van der Waals surface area contributed by atoms with Crippen LogP contribution in [-0.4, -0.2) is 43.1 Å². The van der Waals surface area contributed by atoms with Crippen LogP contribution in [0.4, 0.5) is 0 Å². The van der Waals surface area contributed by atoms with Gasteiger partial charge in [-0.3, -0.25) is 0 Å². The molecular weight excluding hydrogens is 282 g/mol. The van der Waals surface area contributed by atoms with E-state index in [1.807, 2.05) is 0 Å². The second-order valence-electron chi connectivity index (χ2n) is 5.26. The lowest BCUT2D eigenvalue weighted by Gasteiger charge is -2.42. The fraction of sp³-hybridized carbons (Fsp3) is 0.692. The van der Waals surface area contributed by atoms with E-state index in [1.54, 1.807) is 0 Å². The average Bonchev–Trinajstić information content (AvgIpc) is 2.96. The van der Waals surface area contributed by atoms with Gasteiger partial charge in [-0.15, -0.1) is 0 Å². The van der Waals surface area contributed by atoms with Crippen molar-refractivity contribution in [3.8, 4) is 0 Å². The predicted molar refractivity (Wildman–Crippen MR) is 70.5 cm³/mol. The van der Waals surface area contributed by atoms with Gasteiger partial charge in [0.2, 0.25) is 5.09 Å². The van der Waals surface area contributed by atoms with Crippen LogP contribution in [0.15, 0.2) is 21.6 Å². The summed E-state index contributed by atoms with van der Waals surface area (Å²) in [4.78, 5) is 0. The highest BCUT2D eigenvalue weighted by Crippen LogP contribution is 2.32. The zero-order valence-electron chi connectivity index (χ0n) is 11.2. The molecule has 2 heterocycles. The number of aliphatic hydroxyl groups excluding tert-OH is 1. The molecule has 0 radical (unpaired) electrons. The van der Waals surface area contributed by atoms with Crippen molar-refractivity contribution in [2.45, 2.75) is 49.5 Å². The molecule has 0 bridgehead atoms. The normalized spacial score (nSPS) is 28.2. The Labute approximate surface area is 118 Å². The third kappa shape index (κ3) is 2.39. The topological polar surface area (TPSA) is 80.0 Å². The van der Waals surface area contributed by atoms with Crippen molar-refractivity contribution in [2.75, 3.05) is 13.2 Å². The third-order valence-electron chi connectivity index (χ3n) is 4.04. The van der Waals surface area contributed by atoms with E-state index in [4.69, 9.17) is 14.3 Å². The number of furan rings is 1. The van der Waals surface area contributed by atoms with Gasteiger partial charge in [-0.1, -0.05) is 12.8 Å². The number of rotatable bonds is 3. The first-order chi connectivity index (χ1) is 9.63. The number of ether oxygens (including phenoxy) is 1. The first kappa shape index (κ1) is 14.1. The molecular formula is C13H19NO5S. The Bertz CT molecular complexity index is 565. The molecule has 0 aromatic carbocycles. The van der Waals surface area contributed by atoms with Crippen molar-refractivity contribution < 1.29 is 22.7 Å². The summed E-state index contributed by atoms with van der Waals surface area (Å²) in [5.41, 5.74) is 0. The Morgan fingerprint density at radius 1 is 1.30 bits per heavy atom. The SMILES string of the molecule is O=S(=O)(c1ccc(CO)o1)N1CCOC2CCCCC21. The minimum atomic E-state index is -3.65. The number of fused-ring (bicyclic) bond motifs is 1. The number of hydrogen-bond acceptors (Lipinski definition) is 5. The van der Waals surface area contributed by atoms with Gasteiger partial charge in [-0.25, -0.2) is 8.42 Å². The first-order valence-electron chi connectivity index (χ1n) is 6.96. The van der Waals surface area contributed by atoms with Crippen LogP contribution < -0.4 is 0 Å². The molecule has 1 aromatic rings. The number of hydrogen-bond donors (Lipinski definition) is 1. The number of nitrogens with zero attached hydrogens (tertiary/aromatic N) is 1. The number of aliphatic hydroxyl groups is 1. The van der Waals surface area contributed by atoms with Crippen molar-refractivity contribution in [3.63, 3.8) is 0 Å². The maximum Gasteiger partial charge on any atom is 0.276 e. The molecule has 0 amide bonds. The monoisotopic (exact) mass is 301 g/mol. The first-order valence-corrected chi connectivity index (χ1v) is 8.40. The van der Waals surface area contributed by atoms with Gasteiger partial charge in [0.25, 0.3) is 10.0 Å². The molecule has 1 aliphatic carbocycles. The van der Waals surface area contributed by atoms with Gasteiger partial charge in [0.05, 0.1) is 18.8 Å². The van der Waals surface area contributed by atoms with E-state index in [1.165, 1.54) is 16.4 Å². The molecule has 2 fully saturated rings. The second kappa shape index (κ2) is 5.48. The minimum absolute atomic E-state index is 0.000417. The maximum absolute atomic E-state index is 12.7. The smallest absolute Gasteiger partial charge is 0.276 e. The molecule has 20 heavy (non-hydrogen) atoms. The Hall–Kier alpha value is -0.890. The van der Waals surface area contributed by atoms with Gasteiger partial charge in [-0.2, -0.15) is 4.31 Å². The molecule has 1 saturated carbocycles. The van der Waals surface area contributed by atoms with Crippen LogP contribution in [0, 0.1) is 0 Å². The van der Waals surface area contributed by atoms with Crippen LogP contribution in [0.25, 0.3) is 0 Å². The number of morpholine rings is 1. The molecule has 112 valence electrons. The van der Waals surface area contributed by atoms with Crippen molar-refractivity contribution in [1.82, 2.24) is 4.31 Å². The highest BCUT2D eigenvalue weighted by atomic mass is 32.2. The summed E-state index contributed by atoms with van der Waals surface area (Å²) in [5.74, 6) is 0.261. The van der Waals surface area contributed by atoms with Gasteiger partial charge in [0.1, 0.15) is 12.4 Å². The van der Waals surface area contributed by atoms with Crippen molar-refractivity contribution in [1.29, 1.82) is 0 Å². The third-order valence-corrected chi connectivity index (χ3v) is 5.84. The van der Waals surface area contributed by atoms with E-state index in [-0.39, 0.29) is 29.6 Å². The predicted octanol–water partition coefficient (Wildman–Crippen LogP) is 1.10. The Balaban J connectivity index is 1.89. The lowest BCUT2D eigenvalue weighted by molar-refractivity contribution is -0.0589. The van der Waals surface area contributed by atoms with Gasteiger partial charge < -0.3 is 14.3 Å². The minimum Gasteiger partial charge on any atom is -0.446 e. The Kier molecular flexibility index (Phi) is 3.85. The highest BCUT2D eigenvalue weighted by molar-refractivity contribution is 7.89. The second-order valence-corrected chi connectivity index (χ2v) is 7.08. The quantitative estimate of drug-likeness (QED) is 0.904. The lowest BCUT2D eigenvalue weighted by Crippen LogP contribution is -2.54. The van der Waals surface area contributed by atoms with Gasteiger partial charge >= 0.3 is 0 Å². The zero-order valence-corrected chi connectivity index (χ0v) is 12.0. The van der Waals surface area contributed by atoms with Crippen molar-refractivity contribution >= 4 is 10.0 Å². The molecule has 2 aliphatic rings. The van der Waals surface area contributed by atoms with E-state index in [0.29, 0.717) is 13.2 Å². The summed E-state index contributed by atoms with van der Waals surface area (Å²) in [6.45, 7) is 0.483. The fourth-order valence-electron chi connectivity index (χ4n) is 3.06. The highest BCUT2D eigenvalue weighted by Gasteiger charge is 2.41. The van der Waals surface area contributed by atoms with Crippen molar-refractivity contribution in [2.24, 2.45) is 0 Å². The molecule has 2 unspecified atom stereocenters. The molecule has 3 rings (SSSR count). The molecule has 1 aromatic heterocycles. The molecule has 7 heteroatoms. The molecule has 6 nitrogen and oxygen atoms in total. The molecule has 2 atom stereocenters. The van der Waals surface area contributed by atoms with Gasteiger partial charge in [-0.05, 0) is 25.0 Å². The fourth-order valence-corrected chi connectivity index (χ4v) is 4.65. The van der Waals surface area contributed by atoms with Crippen LogP contribution >= 0.6 is 0 Å².